The highest BCUT2D eigenvalue weighted by Gasteiger charge is 2.22. The molecule has 1 aliphatic rings. The molecule has 1 N–H and O–H groups in total. The second-order valence-corrected chi connectivity index (χ2v) is 8.94. The number of methoxy groups -OCH3 is 1. The van der Waals surface area contributed by atoms with Crippen molar-refractivity contribution in [1.82, 2.24) is 4.98 Å². The van der Waals surface area contributed by atoms with Gasteiger partial charge in [0.15, 0.2) is 11.5 Å². The summed E-state index contributed by atoms with van der Waals surface area (Å²) < 4.78 is 12.1. The van der Waals surface area contributed by atoms with Crippen LogP contribution in [0, 0.1) is 0 Å². The predicted molar refractivity (Wildman–Crippen MR) is 135 cm³/mol. The van der Waals surface area contributed by atoms with Gasteiger partial charge in [-0.1, -0.05) is 59.1 Å². The summed E-state index contributed by atoms with van der Waals surface area (Å²) in [6.45, 7) is 0.346. The summed E-state index contributed by atoms with van der Waals surface area (Å²) >= 11 is 19.1. The molecule has 1 saturated carbocycles. The molecule has 1 aromatic heterocycles. The van der Waals surface area contributed by atoms with E-state index in [9.17, 15) is 0 Å². The number of hydrogen-bond donors (Lipinski definition) is 1. The first kappa shape index (κ1) is 23.7. The van der Waals surface area contributed by atoms with E-state index < -0.39 is 0 Å². The number of pyridine rings is 1. The van der Waals surface area contributed by atoms with E-state index in [-0.39, 0.29) is 6.10 Å². The Balaban J connectivity index is 1.75. The first-order valence-corrected chi connectivity index (χ1v) is 11.9. The number of anilines is 1. The van der Waals surface area contributed by atoms with E-state index in [1.54, 1.807) is 7.11 Å². The van der Waals surface area contributed by atoms with Gasteiger partial charge in [0.25, 0.3) is 0 Å². The van der Waals surface area contributed by atoms with Crippen molar-refractivity contribution in [3.05, 3.63) is 81.1 Å². The average Bonchev–Trinajstić information content (AvgIpc) is 3.32. The minimum atomic E-state index is 0.190. The molecule has 0 radical (unpaired) electrons. The van der Waals surface area contributed by atoms with Crippen molar-refractivity contribution in [2.24, 2.45) is 4.99 Å². The SMILES string of the molecule is COc1c(OC2CCCC2)cccc1C(=NCc1ccccc1Cl)Nc1c(Cl)cncc1Cl. The van der Waals surface area contributed by atoms with Gasteiger partial charge in [0.05, 0.1) is 41.1 Å². The smallest absolute Gasteiger partial charge is 0.171 e. The van der Waals surface area contributed by atoms with Gasteiger partial charge < -0.3 is 14.8 Å². The monoisotopic (exact) mass is 503 g/mol. The van der Waals surface area contributed by atoms with Crippen molar-refractivity contribution >= 4 is 46.3 Å². The van der Waals surface area contributed by atoms with Gasteiger partial charge in [-0.2, -0.15) is 0 Å². The summed E-state index contributed by atoms with van der Waals surface area (Å²) in [4.78, 5) is 8.86. The van der Waals surface area contributed by atoms with Crippen LogP contribution in [0.3, 0.4) is 0 Å². The summed E-state index contributed by atoms with van der Waals surface area (Å²) in [6, 6.07) is 13.3. The second-order valence-electron chi connectivity index (χ2n) is 7.72. The van der Waals surface area contributed by atoms with Gasteiger partial charge in [-0.25, -0.2) is 0 Å². The van der Waals surface area contributed by atoms with Gasteiger partial charge in [0.1, 0.15) is 5.84 Å². The van der Waals surface area contributed by atoms with E-state index in [1.165, 1.54) is 25.2 Å². The minimum absolute atomic E-state index is 0.190. The van der Waals surface area contributed by atoms with E-state index in [4.69, 9.17) is 49.3 Å². The molecule has 0 saturated heterocycles. The molecule has 0 atom stereocenters. The lowest BCUT2D eigenvalue weighted by Crippen LogP contribution is -2.18. The maximum absolute atomic E-state index is 6.38. The van der Waals surface area contributed by atoms with E-state index >= 15 is 0 Å². The quantitative estimate of drug-likeness (QED) is 0.268. The maximum atomic E-state index is 6.38. The van der Waals surface area contributed by atoms with Gasteiger partial charge in [-0.15, -0.1) is 0 Å². The van der Waals surface area contributed by atoms with Crippen LogP contribution in [0.1, 0.15) is 36.8 Å². The van der Waals surface area contributed by atoms with Crippen LogP contribution in [0.2, 0.25) is 15.1 Å². The van der Waals surface area contributed by atoms with Crippen molar-refractivity contribution in [3.63, 3.8) is 0 Å². The van der Waals surface area contributed by atoms with Crippen molar-refractivity contribution in [3.8, 4) is 11.5 Å². The number of aromatic nitrogens is 1. The van der Waals surface area contributed by atoms with Crippen LogP contribution >= 0.6 is 34.8 Å². The number of amidine groups is 1. The fraction of sp³-hybridized carbons (Fsp3) is 0.280. The third-order valence-electron chi connectivity index (χ3n) is 5.50. The highest BCUT2D eigenvalue weighted by atomic mass is 35.5. The van der Waals surface area contributed by atoms with E-state index in [0.717, 1.165) is 24.0 Å². The molecule has 0 amide bonds. The van der Waals surface area contributed by atoms with Gasteiger partial charge in [-0.3, -0.25) is 9.98 Å². The highest BCUT2D eigenvalue weighted by molar-refractivity contribution is 6.40. The summed E-state index contributed by atoms with van der Waals surface area (Å²) in [6.07, 6.45) is 7.68. The van der Waals surface area contributed by atoms with Crippen LogP contribution in [-0.4, -0.2) is 24.0 Å². The molecule has 33 heavy (non-hydrogen) atoms. The molecule has 0 spiro atoms. The molecule has 0 aliphatic heterocycles. The van der Waals surface area contributed by atoms with Crippen molar-refractivity contribution < 1.29 is 9.47 Å². The van der Waals surface area contributed by atoms with Crippen LogP contribution in [-0.2, 0) is 6.54 Å². The largest absolute Gasteiger partial charge is 0.492 e. The summed E-state index contributed by atoms with van der Waals surface area (Å²) in [7, 11) is 1.62. The lowest BCUT2D eigenvalue weighted by atomic mass is 10.1. The standard InChI is InChI=1S/C25H24Cl3N3O2/c1-32-24-18(10-6-12-22(24)33-17-8-3-4-9-17)25(30-13-16-7-2-5-11-19(16)26)31-23-20(27)14-29-15-21(23)28/h2,5-7,10-12,14-15,17H,3-4,8-9,13H2,1H3,(H,29,30,31). The van der Waals surface area contributed by atoms with Gasteiger partial charge >= 0.3 is 0 Å². The molecule has 8 heteroatoms. The van der Waals surface area contributed by atoms with E-state index in [1.807, 2.05) is 42.5 Å². The molecular formula is C25H24Cl3N3O2. The zero-order chi connectivity index (χ0) is 23.2. The molecule has 4 rings (SSSR count). The fourth-order valence-corrected chi connectivity index (χ4v) is 4.48. The molecule has 1 aliphatic carbocycles. The summed E-state index contributed by atoms with van der Waals surface area (Å²) in [5.74, 6) is 1.80. The topological polar surface area (TPSA) is 55.7 Å². The number of nitrogens with one attached hydrogen (secondary N) is 1. The first-order valence-electron chi connectivity index (χ1n) is 10.7. The normalized spacial score (nSPS) is 14.4. The predicted octanol–water partition coefficient (Wildman–Crippen LogP) is 7.43. The van der Waals surface area contributed by atoms with Gasteiger partial charge in [0.2, 0.25) is 0 Å². The van der Waals surface area contributed by atoms with Crippen LogP contribution in [0.25, 0.3) is 0 Å². The van der Waals surface area contributed by atoms with E-state index in [0.29, 0.717) is 44.6 Å². The summed E-state index contributed by atoms with van der Waals surface area (Å²) in [5, 5.41) is 4.69. The molecule has 0 bridgehead atoms. The Hall–Kier alpha value is -2.47. The third-order valence-corrected chi connectivity index (χ3v) is 6.44. The number of nitrogens with zero attached hydrogens (tertiary/aromatic N) is 2. The van der Waals surface area contributed by atoms with E-state index in [2.05, 4.69) is 10.3 Å². The zero-order valence-electron chi connectivity index (χ0n) is 18.2. The number of hydrogen-bond acceptors (Lipinski definition) is 4. The van der Waals surface area contributed by atoms with Crippen molar-refractivity contribution in [2.75, 3.05) is 12.4 Å². The van der Waals surface area contributed by atoms with Crippen LogP contribution < -0.4 is 14.8 Å². The average molecular weight is 505 g/mol. The first-order chi connectivity index (χ1) is 16.1. The number of aliphatic imine (C=N–C) groups is 1. The molecule has 1 fully saturated rings. The minimum Gasteiger partial charge on any atom is -0.492 e. The number of para-hydroxylation sites is 1. The lowest BCUT2D eigenvalue weighted by Gasteiger charge is -2.20. The Bertz CT molecular complexity index is 1130. The number of benzene rings is 2. The van der Waals surface area contributed by atoms with Gasteiger partial charge in [-0.05, 0) is 49.4 Å². The van der Waals surface area contributed by atoms with Gasteiger partial charge in [0, 0.05) is 17.4 Å². The van der Waals surface area contributed by atoms with Crippen LogP contribution in [0.15, 0.2) is 59.9 Å². The molecular weight excluding hydrogens is 481 g/mol. The zero-order valence-corrected chi connectivity index (χ0v) is 20.4. The van der Waals surface area contributed by atoms with Crippen LogP contribution in [0.5, 0.6) is 11.5 Å². The Morgan fingerprint density at radius 2 is 1.73 bits per heavy atom. The second kappa shape index (κ2) is 11.1. The Morgan fingerprint density at radius 3 is 2.42 bits per heavy atom. The molecule has 2 aromatic carbocycles. The maximum Gasteiger partial charge on any atom is 0.171 e. The number of ether oxygens (including phenoxy) is 2. The number of rotatable bonds is 7. The highest BCUT2D eigenvalue weighted by Crippen LogP contribution is 2.36. The van der Waals surface area contributed by atoms with Crippen molar-refractivity contribution in [2.45, 2.75) is 38.3 Å². The van der Waals surface area contributed by atoms with Crippen LogP contribution in [0.4, 0.5) is 5.69 Å². The van der Waals surface area contributed by atoms with Crippen molar-refractivity contribution in [1.29, 1.82) is 0 Å². The Morgan fingerprint density at radius 1 is 1.00 bits per heavy atom. The molecule has 172 valence electrons. The molecule has 1 heterocycles. The molecule has 3 aromatic rings. The lowest BCUT2D eigenvalue weighted by molar-refractivity contribution is 0.200. The third kappa shape index (κ3) is 5.72. The Kier molecular flexibility index (Phi) is 7.97. The molecule has 0 unspecified atom stereocenters. The Labute approximate surface area is 208 Å². The summed E-state index contributed by atoms with van der Waals surface area (Å²) in [5.41, 5.74) is 2.13. The fourth-order valence-electron chi connectivity index (χ4n) is 3.82. The number of halogens is 3. The molecule has 5 nitrogen and oxygen atoms in total.